The van der Waals surface area contributed by atoms with Crippen LogP contribution in [0.1, 0.15) is 6.92 Å². The second kappa shape index (κ2) is 3.44. The van der Waals surface area contributed by atoms with Gasteiger partial charge >= 0.3 is 0 Å². The highest BCUT2D eigenvalue weighted by atomic mass is 32.1. The zero-order valence-corrected chi connectivity index (χ0v) is 10.5. The van der Waals surface area contributed by atoms with Crippen molar-refractivity contribution in [3.05, 3.63) is 29.8 Å². The van der Waals surface area contributed by atoms with Crippen molar-refractivity contribution >= 4 is 44.1 Å². The summed E-state index contributed by atoms with van der Waals surface area (Å²) in [5.74, 6) is 0. The number of fused-ring (bicyclic) bond motifs is 1. The van der Waals surface area contributed by atoms with Crippen LogP contribution >= 0.6 is 34.4 Å². The van der Waals surface area contributed by atoms with Gasteiger partial charge in [0.2, 0.25) is 0 Å². The first-order valence-corrected chi connectivity index (χ1v) is 6.87. The fraction of sp³-hybridized carbons (Fsp3) is 0.250. The maximum atomic E-state index is 11.9. The second-order valence-electron chi connectivity index (χ2n) is 3.09. The molecule has 2 aliphatic rings. The van der Waals surface area contributed by atoms with Gasteiger partial charge in [0.25, 0.3) is 11.1 Å². The normalized spacial score (nSPS) is 11.6. The molecular formula is C8H5N3O2S3. The van der Waals surface area contributed by atoms with Crippen LogP contribution in [0.2, 0.25) is 0 Å². The van der Waals surface area contributed by atoms with E-state index >= 15 is 0 Å². The van der Waals surface area contributed by atoms with Crippen LogP contribution in [0.15, 0.2) is 9.59 Å². The second-order valence-corrected chi connectivity index (χ2v) is 5.62. The average Bonchev–Trinajstić information content (AvgIpc) is 2.82. The lowest BCUT2D eigenvalue weighted by Gasteiger charge is -1.88. The SMILES string of the molecule is CCn1c(=O)c2sc3nsnc3sc=2c1=O. The number of hydrogen-bond acceptors (Lipinski definition) is 7. The van der Waals surface area contributed by atoms with Gasteiger partial charge in [0.1, 0.15) is 9.06 Å². The molecule has 82 valence electrons. The number of nitrogens with zero attached hydrogens (tertiary/aromatic N) is 3. The van der Waals surface area contributed by atoms with Gasteiger partial charge in [-0.15, -0.1) is 22.7 Å². The summed E-state index contributed by atoms with van der Waals surface area (Å²) in [5.41, 5.74) is -0.419. The largest absolute Gasteiger partial charge is 0.273 e. The van der Waals surface area contributed by atoms with Gasteiger partial charge in [-0.2, -0.15) is 8.75 Å². The summed E-state index contributed by atoms with van der Waals surface area (Å²) in [6.07, 6.45) is 0. The van der Waals surface area contributed by atoms with Crippen LogP contribution in [0, 0.1) is 9.06 Å². The van der Waals surface area contributed by atoms with Crippen molar-refractivity contribution in [1.29, 1.82) is 0 Å². The molecule has 0 atom stereocenters. The molecule has 0 unspecified atom stereocenters. The van der Waals surface area contributed by atoms with Crippen LogP contribution < -0.4 is 11.1 Å². The van der Waals surface area contributed by atoms with E-state index in [-0.39, 0.29) is 11.1 Å². The molecule has 0 aromatic carbocycles. The van der Waals surface area contributed by atoms with E-state index in [0.717, 1.165) is 21.4 Å². The molecule has 3 heterocycles. The quantitative estimate of drug-likeness (QED) is 0.664. The molecule has 0 saturated heterocycles. The monoisotopic (exact) mass is 271 g/mol. The van der Waals surface area contributed by atoms with Gasteiger partial charge in [0.15, 0.2) is 9.66 Å². The van der Waals surface area contributed by atoms with Crippen LogP contribution in [0.25, 0.3) is 9.66 Å². The zero-order valence-electron chi connectivity index (χ0n) is 8.09. The molecule has 0 fully saturated rings. The Bertz CT molecular complexity index is 775. The highest BCUT2D eigenvalue weighted by molar-refractivity contribution is 7.27. The van der Waals surface area contributed by atoms with Gasteiger partial charge in [-0.1, -0.05) is 0 Å². The summed E-state index contributed by atoms with van der Waals surface area (Å²) < 4.78 is 10.4. The minimum Gasteiger partial charge on any atom is -0.273 e. The molecule has 1 aromatic rings. The predicted molar refractivity (Wildman–Crippen MR) is 64.7 cm³/mol. The molecule has 16 heavy (non-hydrogen) atoms. The third kappa shape index (κ3) is 1.20. The molecular weight excluding hydrogens is 266 g/mol. The Morgan fingerprint density at radius 2 is 1.56 bits per heavy atom. The summed E-state index contributed by atoms with van der Waals surface area (Å²) in [4.78, 5) is 25.2. The third-order valence-electron chi connectivity index (χ3n) is 2.23. The Balaban J connectivity index is 2.67. The zero-order chi connectivity index (χ0) is 11.3. The molecule has 0 aliphatic carbocycles. The first kappa shape index (κ1) is 10.1. The van der Waals surface area contributed by atoms with Crippen molar-refractivity contribution in [3.8, 4) is 0 Å². The lowest BCUT2D eigenvalue weighted by atomic mass is 10.7. The van der Waals surface area contributed by atoms with Crippen molar-refractivity contribution < 1.29 is 0 Å². The van der Waals surface area contributed by atoms with Gasteiger partial charge in [0.05, 0.1) is 11.7 Å². The fourth-order valence-electron chi connectivity index (χ4n) is 1.49. The molecule has 2 aliphatic heterocycles. The predicted octanol–water partition coefficient (Wildman–Crippen LogP) is 1.08. The van der Waals surface area contributed by atoms with E-state index in [1.165, 1.54) is 27.2 Å². The highest BCUT2D eigenvalue weighted by Gasteiger charge is 2.12. The van der Waals surface area contributed by atoms with Crippen LogP contribution in [-0.4, -0.2) is 13.3 Å². The Kier molecular flexibility index (Phi) is 2.16. The van der Waals surface area contributed by atoms with Crippen LogP contribution in [0.4, 0.5) is 0 Å². The van der Waals surface area contributed by atoms with E-state index in [9.17, 15) is 9.59 Å². The maximum Gasteiger partial charge on any atom is 0.272 e. The molecule has 3 rings (SSSR count). The molecule has 1 aromatic heterocycles. The molecule has 0 spiro atoms. The number of rotatable bonds is 1. The molecule has 0 N–H and O–H groups in total. The standard InChI is InChI=1S/C8H5N3O2S3/c1-2-11-7(12)3-4(8(11)13)15-6-5(14-3)9-16-10-6/h2H2,1H3. The van der Waals surface area contributed by atoms with E-state index in [2.05, 4.69) is 8.75 Å². The minimum atomic E-state index is -0.210. The van der Waals surface area contributed by atoms with Crippen LogP contribution in [0.5, 0.6) is 0 Å². The van der Waals surface area contributed by atoms with Gasteiger partial charge in [-0.25, -0.2) is 0 Å². The Hall–Kier alpha value is -1.12. The molecule has 0 bridgehead atoms. The van der Waals surface area contributed by atoms with Gasteiger partial charge < -0.3 is 0 Å². The van der Waals surface area contributed by atoms with Crippen molar-refractivity contribution in [2.75, 3.05) is 0 Å². The Morgan fingerprint density at radius 1 is 1.06 bits per heavy atom. The van der Waals surface area contributed by atoms with Gasteiger partial charge in [-0.3, -0.25) is 14.2 Å². The average molecular weight is 271 g/mol. The summed E-state index contributed by atoms with van der Waals surface area (Å²) in [7, 11) is 0. The first-order valence-electron chi connectivity index (χ1n) is 4.51. The van der Waals surface area contributed by atoms with Crippen molar-refractivity contribution in [1.82, 2.24) is 13.3 Å². The molecule has 0 amide bonds. The smallest absolute Gasteiger partial charge is 0.272 e. The molecule has 5 nitrogen and oxygen atoms in total. The number of hydrogen-bond donors (Lipinski definition) is 0. The topological polar surface area (TPSA) is 64.8 Å². The molecule has 0 radical (unpaired) electrons. The fourth-order valence-corrected chi connectivity index (χ4v) is 4.37. The summed E-state index contributed by atoms with van der Waals surface area (Å²) >= 11 is 3.60. The minimum absolute atomic E-state index is 0.210. The van der Waals surface area contributed by atoms with Gasteiger partial charge in [-0.05, 0) is 6.92 Å². The van der Waals surface area contributed by atoms with E-state index in [1.807, 2.05) is 0 Å². The van der Waals surface area contributed by atoms with Crippen molar-refractivity contribution in [2.45, 2.75) is 13.5 Å². The van der Waals surface area contributed by atoms with Crippen LogP contribution in [0.3, 0.4) is 0 Å². The van der Waals surface area contributed by atoms with Gasteiger partial charge in [0, 0.05) is 6.54 Å². The van der Waals surface area contributed by atoms with Crippen molar-refractivity contribution in [3.63, 3.8) is 0 Å². The van der Waals surface area contributed by atoms with E-state index in [1.54, 1.807) is 6.92 Å². The summed E-state index contributed by atoms with van der Waals surface area (Å²) in [5, 5.41) is 0. The van der Waals surface area contributed by atoms with E-state index in [0.29, 0.717) is 15.6 Å². The highest BCUT2D eigenvalue weighted by Crippen LogP contribution is 2.21. The summed E-state index contributed by atoms with van der Waals surface area (Å²) in [6, 6.07) is 0. The van der Waals surface area contributed by atoms with E-state index in [4.69, 9.17) is 0 Å². The van der Waals surface area contributed by atoms with E-state index < -0.39 is 0 Å². The Labute approximate surface area is 101 Å². The van der Waals surface area contributed by atoms with Crippen molar-refractivity contribution in [2.24, 2.45) is 0 Å². The Morgan fingerprint density at radius 3 is 2.00 bits per heavy atom. The lowest BCUT2D eigenvalue weighted by Crippen LogP contribution is -2.24. The first-order chi connectivity index (χ1) is 7.72. The third-order valence-corrected chi connectivity index (χ3v) is 5.37. The number of aromatic nitrogens is 3. The maximum absolute atomic E-state index is 11.9. The molecule has 0 saturated carbocycles. The lowest BCUT2D eigenvalue weighted by molar-refractivity contribution is 0.714. The van der Waals surface area contributed by atoms with Crippen LogP contribution in [-0.2, 0) is 6.54 Å². The summed E-state index contributed by atoms with van der Waals surface area (Å²) in [6.45, 7) is 2.19. The molecule has 8 heteroatoms.